The molecule has 4 nitrogen and oxygen atoms in total. The Balaban J connectivity index is 2.00. The van der Waals surface area contributed by atoms with E-state index in [-0.39, 0.29) is 0 Å². The highest BCUT2D eigenvalue weighted by atomic mass is 32.1. The molecule has 5 heteroatoms. The Morgan fingerprint density at radius 1 is 1.17 bits per heavy atom. The van der Waals surface area contributed by atoms with Gasteiger partial charge >= 0.3 is 0 Å². The molecule has 1 aromatic heterocycles. The topological polar surface area (TPSA) is 30.9 Å². The van der Waals surface area contributed by atoms with Gasteiger partial charge in [-0.25, -0.2) is 4.99 Å². The molecule has 2 aromatic rings. The lowest BCUT2D eigenvalue weighted by atomic mass is 10.2. The largest absolute Gasteiger partial charge is 0.378 e. The summed E-state index contributed by atoms with van der Waals surface area (Å²) in [5, 5.41) is 5.52. The Bertz CT molecular complexity index is 635. The average molecular weight is 345 g/mol. The number of anilines is 1. The van der Waals surface area contributed by atoms with Gasteiger partial charge in [-0.05, 0) is 42.5 Å². The molecular formula is C19H28N4S. The molecule has 0 bridgehead atoms. The van der Waals surface area contributed by atoms with Gasteiger partial charge in [-0.3, -0.25) is 0 Å². The maximum Gasteiger partial charge on any atom is 0.193 e. The maximum atomic E-state index is 4.80. The fourth-order valence-electron chi connectivity index (χ4n) is 2.41. The summed E-state index contributed by atoms with van der Waals surface area (Å²) in [7, 11) is 6.22. The first-order chi connectivity index (χ1) is 11.6. The highest BCUT2D eigenvalue weighted by molar-refractivity contribution is 7.09. The Hall–Kier alpha value is -2.01. The predicted octanol–water partition coefficient (Wildman–Crippen LogP) is 3.45. The summed E-state index contributed by atoms with van der Waals surface area (Å²) in [6, 6.07) is 12.8. The van der Waals surface area contributed by atoms with Gasteiger partial charge in [-0.1, -0.05) is 18.2 Å². The van der Waals surface area contributed by atoms with Crippen LogP contribution in [0.3, 0.4) is 0 Å². The number of hydrogen-bond acceptors (Lipinski definition) is 3. The zero-order valence-corrected chi connectivity index (χ0v) is 15.9. The number of nitrogens with zero attached hydrogens (tertiary/aromatic N) is 3. The van der Waals surface area contributed by atoms with Crippen molar-refractivity contribution in [2.45, 2.75) is 19.9 Å². The van der Waals surface area contributed by atoms with E-state index in [1.54, 1.807) is 0 Å². The van der Waals surface area contributed by atoms with Crippen LogP contribution in [0, 0.1) is 0 Å². The van der Waals surface area contributed by atoms with Crippen LogP contribution >= 0.6 is 11.3 Å². The Morgan fingerprint density at radius 3 is 2.67 bits per heavy atom. The molecule has 1 aromatic carbocycles. The summed E-state index contributed by atoms with van der Waals surface area (Å²) in [5.74, 6) is 0.962. The molecule has 0 unspecified atom stereocenters. The molecule has 130 valence electrons. The van der Waals surface area contributed by atoms with E-state index in [1.807, 2.05) is 11.3 Å². The minimum Gasteiger partial charge on any atom is -0.378 e. The van der Waals surface area contributed by atoms with Crippen molar-refractivity contribution in [3.63, 3.8) is 0 Å². The molecule has 0 spiro atoms. The van der Waals surface area contributed by atoms with Crippen molar-refractivity contribution in [3.05, 3.63) is 52.2 Å². The number of guanidine groups is 1. The van der Waals surface area contributed by atoms with Crippen LogP contribution < -0.4 is 10.2 Å². The third kappa shape index (κ3) is 5.57. The molecule has 0 aliphatic heterocycles. The Kier molecular flexibility index (Phi) is 7.12. The zero-order chi connectivity index (χ0) is 17.4. The minimum absolute atomic E-state index is 0.688. The van der Waals surface area contributed by atoms with E-state index in [0.29, 0.717) is 6.54 Å². The van der Waals surface area contributed by atoms with Crippen LogP contribution in [0.15, 0.2) is 46.8 Å². The highest BCUT2D eigenvalue weighted by Gasteiger charge is 2.06. The SMILES string of the molecule is CCNC(=NCc1cccc(N(C)C)c1)N(C)CCc1cccs1. The van der Waals surface area contributed by atoms with Crippen molar-refractivity contribution < 1.29 is 0 Å². The smallest absolute Gasteiger partial charge is 0.193 e. The summed E-state index contributed by atoms with van der Waals surface area (Å²) < 4.78 is 0. The number of hydrogen-bond donors (Lipinski definition) is 1. The number of rotatable bonds is 7. The van der Waals surface area contributed by atoms with Gasteiger partial charge in [0.05, 0.1) is 6.54 Å². The van der Waals surface area contributed by atoms with Crippen molar-refractivity contribution in [1.82, 2.24) is 10.2 Å². The third-order valence-corrected chi connectivity index (χ3v) is 4.74. The van der Waals surface area contributed by atoms with Crippen LogP contribution in [0.25, 0.3) is 0 Å². The molecular weight excluding hydrogens is 316 g/mol. The Labute approximate surface area is 149 Å². The van der Waals surface area contributed by atoms with Crippen LogP contribution in [0.5, 0.6) is 0 Å². The molecule has 24 heavy (non-hydrogen) atoms. The second kappa shape index (κ2) is 9.33. The summed E-state index contributed by atoms with van der Waals surface area (Å²) >= 11 is 1.81. The second-order valence-electron chi connectivity index (χ2n) is 5.99. The first-order valence-electron chi connectivity index (χ1n) is 8.38. The minimum atomic E-state index is 0.688. The molecule has 0 fully saturated rings. The number of nitrogens with one attached hydrogen (secondary N) is 1. The molecule has 0 amide bonds. The Morgan fingerprint density at radius 2 is 2.00 bits per heavy atom. The molecule has 2 rings (SSSR count). The normalized spacial score (nSPS) is 11.4. The van der Waals surface area contributed by atoms with Gasteiger partial charge in [-0.15, -0.1) is 11.3 Å². The van der Waals surface area contributed by atoms with Crippen molar-refractivity contribution in [2.24, 2.45) is 4.99 Å². The molecule has 1 heterocycles. The molecule has 0 atom stereocenters. The van der Waals surface area contributed by atoms with Gasteiger partial charge in [0.15, 0.2) is 5.96 Å². The van der Waals surface area contributed by atoms with Gasteiger partial charge < -0.3 is 15.1 Å². The van der Waals surface area contributed by atoms with Gasteiger partial charge in [0.1, 0.15) is 0 Å². The lowest BCUT2D eigenvalue weighted by Gasteiger charge is -2.22. The highest BCUT2D eigenvalue weighted by Crippen LogP contribution is 2.14. The van der Waals surface area contributed by atoms with Crippen LogP contribution in [0.2, 0.25) is 0 Å². The first-order valence-corrected chi connectivity index (χ1v) is 9.26. The van der Waals surface area contributed by atoms with Crippen LogP contribution in [0.1, 0.15) is 17.4 Å². The van der Waals surface area contributed by atoms with E-state index in [1.165, 1.54) is 16.1 Å². The first kappa shape index (κ1) is 18.3. The average Bonchev–Trinajstić information content (AvgIpc) is 3.10. The van der Waals surface area contributed by atoms with E-state index in [2.05, 4.69) is 85.0 Å². The lowest BCUT2D eigenvalue weighted by molar-refractivity contribution is 0.486. The molecule has 0 aliphatic carbocycles. The summed E-state index contributed by atoms with van der Waals surface area (Å²) in [6.45, 7) is 4.63. The number of likely N-dealkylation sites (N-methyl/N-ethyl adjacent to an activating group) is 1. The van der Waals surface area contributed by atoms with Gasteiger partial charge in [-0.2, -0.15) is 0 Å². The van der Waals surface area contributed by atoms with Crippen LogP contribution in [0.4, 0.5) is 5.69 Å². The monoisotopic (exact) mass is 344 g/mol. The number of thiophene rings is 1. The van der Waals surface area contributed by atoms with E-state index in [9.17, 15) is 0 Å². The maximum absolute atomic E-state index is 4.80. The fourth-order valence-corrected chi connectivity index (χ4v) is 3.11. The van der Waals surface area contributed by atoms with Gasteiger partial charge in [0, 0.05) is 44.8 Å². The van der Waals surface area contributed by atoms with Crippen molar-refractivity contribution in [1.29, 1.82) is 0 Å². The second-order valence-corrected chi connectivity index (χ2v) is 7.02. The van der Waals surface area contributed by atoms with E-state index in [0.717, 1.165) is 25.5 Å². The van der Waals surface area contributed by atoms with Crippen LogP contribution in [-0.4, -0.2) is 45.1 Å². The fraction of sp³-hybridized carbons (Fsp3) is 0.421. The summed E-state index contributed by atoms with van der Waals surface area (Å²) in [4.78, 5) is 10.5. The molecule has 0 aliphatic rings. The van der Waals surface area contributed by atoms with Gasteiger partial charge in [0.25, 0.3) is 0 Å². The molecule has 1 N–H and O–H groups in total. The van der Waals surface area contributed by atoms with E-state index < -0.39 is 0 Å². The molecule has 0 saturated heterocycles. The molecule has 0 saturated carbocycles. The predicted molar refractivity (Wildman–Crippen MR) is 106 cm³/mol. The van der Waals surface area contributed by atoms with Gasteiger partial charge in [0.2, 0.25) is 0 Å². The van der Waals surface area contributed by atoms with E-state index in [4.69, 9.17) is 4.99 Å². The summed E-state index contributed by atoms with van der Waals surface area (Å²) in [5.41, 5.74) is 2.43. The van der Waals surface area contributed by atoms with Crippen molar-refractivity contribution in [3.8, 4) is 0 Å². The standard InChI is InChI=1S/C19H28N4S/c1-5-20-19(23(4)12-11-18-10-7-13-24-18)21-15-16-8-6-9-17(14-16)22(2)3/h6-10,13-14H,5,11-12,15H2,1-4H3,(H,20,21). The third-order valence-electron chi connectivity index (χ3n) is 3.81. The summed E-state index contributed by atoms with van der Waals surface area (Å²) in [6.07, 6.45) is 1.05. The van der Waals surface area contributed by atoms with Crippen molar-refractivity contribution in [2.75, 3.05) is 39.1 Å². The van der Waals surface area contributed by atoms with Crippen molar-refractivity contribution >= 4 is 23.0 Å². The zero-order valence-electron chi connectivity index (χ0n) is 15.1. The quantitative estimate of drug-likeness (QED) is 0.616. The van der Waals surface area contributed by atoms with Crippen LogP contribution in [-0.2, 0) is 13.0 Å². The number of benzene rings is 1. The number of aliphatic imine (C=N–C) groups is 1. The lowest BCUT2D eigenvalue weighted by Crippen LogP contribution is -2.39. The van der Waals surface area contributed by atoms with E-state index >= 15 is 0 Å². The molecule has 0 radical (unpaired) electrons.